The summed E-state index contributed by atoms with van der Waals surface area (Å²) in [6, 6.07) is 4.17. The Morgan fingerprint density at radius 3 is 2.50 bits per heavy atom. The van der Waals surface area contributed by atoms with Crippen molar-refractivity contribution in [1.29, 1.82) is 5.41 Å². The summed E-state index contributed by atoms with van der Waals surface area (Å²) in [5.74, 6) is -0.422. The Morgan fingerprint density at radius 1 is 1.33 bits per heavy atom. The highest BCUT2D eigenvalue weighted by Gasteiger charge is 2.03. The van der Waals surface area contributed by atoms with Gasteiger partial charge in [0.05, 0.1) is 5.71 Å². The number of aromatic hydroxyl groups is 2. The second kappa shape index (κ2) is 3.23. The zero-order valence-corrected chi connectivity index (χ0v) is 6.41. The molecule has 12 heavy (non-hydrogen) atoms. The van der Waals surface area contributed by atoms with Gasteiger partial charge in [0.25, 0.3) is 0 Å². The average Bonchev–Trinajstić information content (AvgIpc) is 2.08. The van der Waals surface area contributed by atoms with E-state index >= 15 is 0 Å². The van der Waals surface area contributed by atoms with Crippen LogP contribution in [0.25, 0.3) is 0 Å². The maximum Gasteiger partial charge on any atom is 0.158 e. The van der Waals surface area contributed by atoms with E-state index < -0.39 is 0 Å². The Labute approximate surface area is 69.8 Å². The lowest BCUT2D eigenvalue weighted by molar-refractivity contribution is 0.403. The molecule has 0 saturated carbocycles. The van der Waals surface area contributed by atoms with Crippen LogP contribution in [0, 0.1) is 5.41 Å². The average molecular weight is 166 g/mol. The van der Waals surface area contributed by atoms with E-state index in [0.717, 1.165) is 0 Å². The van der Waals surface area contributed by atoms with Crippen molar-refractivity contribution < 1.29 is 10.2 Å². The molecule has 0 fully saturated rings. The Hall–Kier alpha value is -1.55. The van der Waals surface area contributed by atoms with Crippen molar-refractivity contribution in [1.82, 2.24) is 0 Å². The summed E-state index contributed by atoms with van der Waals surface area (Å²) in [5, 5.41) is 25.3. The van der Waals surface area contributed by atoms with Gasteiger partial charge in [-0.3, -0.25) is 0 Å². The van der Waals surface area contributed by atoms with Crippen LogP contribution >= 0.6 is 0 Å². The van der Waals surface area contributed by atoms with Crippen LogP contribution in [0.5, 0.6) is 11.5 Å². The molecule has 0 aromatic heterocycles. The lowest BCUT2D eigenvalue weighted by Crippen LogP contribution is -2.13. The molecule has 0 radical (unpaired) electrons. The van der Waals surface area contributed by atoms with Crippen LogP contribution in [-0.4, -0.2) is 22.5 Å². The van der Waals surface area contributed by atoms with Gasteiger partial charge in [0.2, 0.25) is 0 Å². The molecule has 5 N–H and O–H groups in total. The molecule has 1 aromatic rings. The maximum atomic E-state index is 9.06. The Bertz CT molecular complexity index is 310. The fourth-order valence-corrected chi connectivity index (χ4v) is 0.829. The van der Waals surface area contributed by atoms with E-state index in [4.69, 9.17) is 21.4 Å². The number of phenols is 2. The van der Waals surface area contributed by atoms with Crippen LogP contribution in [0.4, 0.5) is 0 Å². The highest BCUT2D eigenvalue weighted by molar-refractivity contribution is 6.00. The molecule has 1 rings (SSSR count). The minimum Gasteiger partial charge on any atom is -0.504 e. The Balaban J connectivity index is 3.05. The first-order chi connectivity index (χ1) is 5.65. The summed E-state index contributed by atoms with van der Waals surface area (Å²) in [7, 11) is 0. The highest BCUT2D eigenvalue weighted by atomic mass is 16.3. The lowest BCUT2D eigenvalue weighted by atomic mass is 10.1. The second-order valence-electron chi connectivity index (χ2n) is 2.39. The van der Waals surface area contributed by atoms with Gasteiger partial charge < -0.3 is 21.4 Å². The normalized spacial score (nSPS) is 9.75. The van der Waals surface area contributed by atoms with Crippen LogP contribution < -0.4 is 5.73 Å². The third-order valence-corrected chi connectivity index (χ3v) is 1.53. The zero-order chi connectivity index (χ0) is 9.14. The van der Waals surface area contributed by atoms with Crippen molar-refractivity contribution in [3.63, 3.8) is 0 Å². The molecular weight excluding hydrogens is 156 g/mol. The number of nitrogens with one attached hydrogen (secondary N) is 1. The van der Waals surface area contributed by atoms with Gasteiger partial charge in [-0.05, 0) is 18.2 Å². The summed E-state index contributed by atoms with van der Waals surface area (Å²) >= 11 is 0. The minimum atomic E-state index is -0.231. The van der Waals surface area contributed by atoms with Crippen LogP contribution in [0.15, 0.2) is 18.2 Å². The number of phenolic OH excluding ortho intramolecular Hbond substituents is 2. The van der Waals surface area contributed by atoms with Crippen LogP contribution in [-0.2, 0) is 0 Å². The smallest absolute Gasteiger partial charge is 0.158 e. The van der Waals surface area contributed by atoms with Gasteiger partial charge >= 0.3 is 0 Å². The largest absolute Gasteiger partial charge is 0.504 e. The van der Waals surface area contributed by atoms with Gasteiger partial charge in [0.15, 0.2) is 11.5 Å². The fourth-order valence-electron chi connectivity index (χ4n) is 0.829. The first-order valence-corrected chi connectivity index (χ1v) is 3.45. The first kappa shape index (κ1) is 8.55. The SMILES string of the molecule is N=C(CN)c1ccc(O)c(O)c1. The van der Waals surface area contributed by atoms with Crippen molar-refractivity contribution in [2.24, 2.45) is 5.73 Å². The molecule has 0 saturated heterocycles. The summed E-state index contributed by atoms with van der Waals surface area (Å²) in [6.07, 6.45) is 0. The Kier molecular flexibility index (Phi) is 2.30. The predicted molar refractivity (Wildman–Crippen MR) is 45.7 cm³/mol. The second-order valence-corrected chi connectivity index (χ2v) is 2.39. The first-order valence-electron chi connectivity index (χ1n) is 3.45. The van der Waals surface area contributed by atoms with Crippen molar-refractivity contribution in [2.45, 2.75) is 0 Å². The number of hydrogen-bond acceptors (Lipinski definition) is 4. The quantitative estimate of drug-likeness (QED) is 0.379. The van der Waals surface area contributed by atoms with E-state index in [-0.39, 0.29) is 23.8 Å². The van der Waals surface area contributed by atoms with E-state index in [1.807, 2.05) is 0 Å². The number of nitrogens with two attached hydrogens (primary N) is 1. The predicted octanol–water partition coefficient (Wildman–Crippen LogP) is 0.424. The third kappa shape index (κ3) is 1.54. The minimum absolute atomic E-state index is 0.115. The standard InChI is InChI=1S/C8H10N2O2/c9-4-6(10)5-1-2-7(11)8(12)3-5/h1-3,10-12H,4,9H2. The van der Waals surface area contributed by atoms with Crippen LogP contribution in [0.3, 0.4) is 0 Å². The van der Waals surface area contributed by atoms with Crippen molar-refractivity contribution in [3.8, 4) is 11.5 Å². The van der Waals surface area contributed by atoms with Gasteiger partial charge in [-0.15, -0.1) is 0 Å². The molecule has 0 aliphatic heterocycles. The van der Waals surface area contributed by atoms with Gasteiger partial charge in [-0.2, -0.15) is 0 Å². The fraction of sp³-hybridized carbons (Fsp3) is 0.125. The van der Waals surface area contributed by atoms with Crippen molar-refractivity contribution in [3.05, 3.63) is 23.8 Å². The molecule has 0 unspecified atom stereocenters. The number of benzene rings is 1. The molecule has 0 aliphatic rings. The molecule has 64 valence electrons. The molecule has 4 heteroatoms. The van der Waals surface area contributed by atoms with Gasteiger partial charge in [-0.1, -0.05) is 0 Å². The monoisotopic (exact) mass is 166 g/mol. The van der Waals surface area contributed by atoms with Gasteiger partial charge in [-0.25, -0.2) is 0 Å². The van der Waals surface area contributed by atoms with Crippen LogP contribution in [0.2, 0.25) is 0 Å². The molecule has 0 heterocycles. The topological polar surface area (TPSA) is 90.3 Å². The van der Waals surface area contributed by atoms with E-state index in [9.17, 15) is 0 Å². The zero-order valence-electron chi connectivity index (χ0n) is 6.41. The highest BCUT2D eigenvalue weighted by Crippen LogP contribution is 2.24. The molecule has 0 atom stereocenters. The summed E-state index contributed by atoms with van der Waals surface area (Å²) in [4.78, 5) is 0. The molecular formula is C8H10N2O2. The molecule has 0 spiro atoms. The molecule has 0 amide bonds. The molecule has 4 nitrogen and oxygen atoms in total. The number of rotatable bonds is 2. The summed E-state index contributed by atoms with van der Waals surface area (Å²) in [6.45, 7) is 0.115. The maximum absolute atomic E-state index is 9.06. The summed E-state index contributed by atoms with van der Waals surface area (Å²) in [5.41, 5.74) is 5.97. The van der Waals surface area contributed by atoms with E-state index in [1.165, 1.54) is 18.2 Å². The van der Waals surface area contributed by atoms with E-state index in [2.05, 4.69) is 0 Å². The number of hydrogen-bond donors (Lipinski definition) is 4. The van der Waals surface area contributed by atoms with Gasteiger partial charge in [0.1, 0.15) is 0 Å². The molecule has 0 aliphatic carbocycles. The lowest BCUT2D eigenvalue weighted by Gasteiger charge is -2.02. The Morgan fingerprint density at radius 2 is 2.00 bits per heavy atom. The van der Waals surface area contributed by atoms with Crippen LogP contribution in [0.1, 0.15) is 5.56 Å². The van der Waals surface area contributed by atoms with E-state index in [0.29, 0.717) is 5.56 Å². The van der Waals surface area contributed by atoms with E-state index in [1.54, 1.807) is 0 Å². The van der Waals surface area contributed by atoms with Crippen molar-refractivity contribution in [2.75, 3.05) is 6.54 Å². The molecule has 0 bridgehead atoms. The summed E-state index contributed by atoms with van der Waals surface area (Å²) < 4.78 is 0. The molecule has 1 aromatic carbocycles. The van der Waals surface area contributed by atoms with Gasteiger partial charge in [0, 0.05) is 12.1 Å². The van der Waals surface area contributed by atoms with Crippen molar-refractivity contribution >= 4 is 5.71 Å². The third-order valence-electron chi connectivity index (χ3n) is 1.53.